The van der Waals surface area contributed by atoms with Crippen LogP contribution in [-0.2, 0) is 19.7 Å². The molecule has 0 atom stereocenters. The summed E-state index contributed by atoms with van der Waals surface area (Å²) in [7, 11) is 0. The number of benzene rings is 2. The molecule has 27 heavy (non-hydrogen) atoms. The number of rotatable bonds is 5. The molecule has 1 amide bonds. The van der Waals surface area contributed by atoms with Crippen molar-refractivity contribution in [2.45, 2.75) is 44.9 Å². The molecule has 5 heteroatoms. The molecule has 0 radical (unpaired) electrons. The molecule has 3 rings (SSSR count). The molecule has 0 aromatic heterocycles. The molecule has 0 spiro atoms. The highest BCUT2D eigenvalue weighted by Gasteiger charge is 2.44. The quantitative estimate of drug-likeness (QED) is 0.793. The minimum atomic E-state index is -0.784. The predicted molar refractivity (Wildman–Crippen MR) is 102 cm³/mol. The van der Waals surface area contributed by atoms with Crippen LogP contribution in [0.25, 0.3) is 0 Å². The van der Waals surface area contributed by atoms with E-state index in [2.05, 4.69) is 5.32 Å². The van der Waals surface area contributed by atoms with Gasteiger partial charge in [-0.25, -0.2) is 4.39 Å². The lowest BCUT2D eigenvalue weighted by Crippen LogP contribution is -2.36. The van der Waals surface area contributed by atoms with Gasteiger partial charge in [0.05, 0.1) is 5.41 Å². The Morgan fingerprint density at radius 1 is 1.07 bits per heavy atom. The lowest BCUT2D eigenvalue weighted by Gasteiger charge is -2.27. The summed E-state index contributed by atoms with van der Waals surface area (Å²) in [6.45, 7) is 3.56. The van der Waals surface area contributed by atoms with Crippen molar-refractivity contribution < 1.29 is 18.7 Å². The molecule has 2 aromatic rings. The number of amides is 1. The summed E-state index contributed by atoms with van der Waals surface area (Å²) in [5.41, 5.74) is 2.74. The van der Waals surface area contributed by atoms with Gasteiger partial charge in [-0.3, -0.25) is 9.59 Å². The first-order chi connectivity index (χ1) is 12.9. The first-order valence-corrected chi connectivity index (χ1v) is 9.22. The minimum absolute atomic E-state index is 0.338. The topological polar surface area (TPSA) is 55.4 Å². The summed E-state index contributed by atoms with van der Waals surface area (Å²) in [4.78, 5) is 25.1. The minimum Gasteiger partial charge on any atom is -0.455 e. The average Bonchev–Trinajstić information content (AvgIpc) is 3.15. The SMILES string of the molecule is Cc1cccc(NC(=O)COC(=O)C2(c3ccc(F)cc3)CCCC2)c1C. The molecule has 1 N–H and O–H groups in total. The van der Waals surface area contributed by atoms with Crippen molar-refractivity contribution in [3.63, 3.8) is 0 Å². The van der Waals surface area contributed by atoms with Crippen molar-refractivity contribution in [1.29, 1.82) is 0 Å². The summed E-state index contributed by atoms with van der Waals surface area (Å²) in [6, 6.07) is 11.6. The fourth-order valence-electron chi connectivity index (χ4n) is 3.70. The van der Waals surface area contributed by atoms with Gasteiger partial charge in [0.15, 0.2) is 6.61 Å². The summed E-state index contributed by atoms with van der Waals surface area (Å²) in [5, 5.41) is 2.79. The van der Waals surface area contributed by atoms with Gasteiger partial charge < -0.3 is 10.1 Å². The fraction of sp³-hybridized carbons (Fsp3) is 0.364. The Kier molecular flexibility index (Phi) is 5.59. The monoisotopic (exact) mass is 369 g/mol. The van der Waals surface area contributed by atoms with Crippen LogP contribution in [-0.4, -0.2) is 18.5 Å². The van der Waals surface area contributed by atoms with E-state index in [0.29, 0.717) is 18.5 Å². The molecule has 1 aliphatic rings. The molecule has 1 saturated carbocycles. The van der Waals surface area contributed by atoms with E-state index in [9.17, 15) is 14.0 Å². The normalized spacial score (nSPS) is 15.4. The number of nitrogens with one attached hydrogen (secondary N) is 1. The highest BCUT2D eigenvalue weighted by molar-refractivity contribution is 5.94. The maximum absolute atomic E-state index is 13.3. The molecule has 0 saturated heterocycles. The van der Waals surface area contributed by atoms with Gasteiger partial charge in [-0.2, -0.15) is 0 Å². The summed E-state index contributed by atoms with van der Waals surface area (Å²) >= 11 is 0. The Balaban J connectivity index is 1.67. The van der Waals surface area contributed by atoms with E-state index in [1.54, 1.807) is 12.1 Å². The van der Waals surface area contributed by atoms with E-state index >= 15 is 0 Å². The van der Waals surface area contributed by atoms with Crippen molar-refractivity contribution >= 4 is 17.6 Å². The van der Waals surface area contributed by atoms with Crippen LogP contribution in [0.15, 0.2) is 42.5 Å². The van der Waals surface area contributed by atoms with Gasteiger partial charge in [-0.1, -0.05) is 37.1 Å². The van der Waals surface area contributed by atoms with Crippen LogP contribution in [0.5, 0.6) is 0 Å². The second kappa shape index (κ2) is 7.91. The number of hydrogen-bond donors (Lipinski definition) is 1. The predicted octanol–water partition coefficient (Wildman–Crippen LogP) is 4.44. The van der Waals surface area contributed by atoms with Crippen molar-refractivity contribution in [3.8, 4) is 0 Å². The Bertz CT molecular complexity index is 839. The lowest BCUT2D eigenvalue weighted by atomic mass is 9.79. The van der Waals surface area contributed by atoms with Crippen molar-refractivity contribution in [1.82, 2.24) is 0 Å². The number of aryl methyl sites for hydroxylation is 1. The molecule has 2 aromatic carbocycles. The van der Waals surface area contributed by atoms with Crippen molar-refractivity contribution in [3.05, 3.63) is 65.0 Å². The summed E-state index contributed by atoms with van der Waals surface area (Å²) < 4.78 is 18.6. The zero-order chi connectivity index (χ0) is 19.4. The molecular weight excluding hydrogens is 345 g/mol. The lowest BCUT2D eigenvalue weighted by molar-refractivity contribution is -0.153. The second-order valence-electron chi connectivity index (χ2n) is 7.17. The third-order valence-corrected chi connectivity index (χ3v) is 5.46. The Morgan fingerprint density at radius 2 is 1.74 bits per heavy atom. The molecule has 0 bridgehead atoms. The van der Waals surface area contributed by atoms with E-state index in [1.165, 1.54) is 12.1 Å². The first-order valence-electron chi connectivity index (χ1n) is 9.22. The number of halogens is 1. The van der Waals surface area contributed by atoms with Crippen LogP contribution in [0.3, 0.4) is 0 Å². The van der Waals surface area contributed by atoms with Gasteiger partial charge >= 0.3 is 5.97 Å². The number of carbonyl (C=O) groups is 2. The van der Waals surface area contributed by atoms with E-state index in [4.69, 9.17) is 4.74 Å². The molecule has 0 unspecified atom stereocenters. The maximum Gasteiger partial charge on any atom is 0.317 e. The van der Waals surface area contributed by atoms with Crippen LogP contribution in [0.1, 0.15) is 42.4 Å². The highest BCUT2D eigenvalue weighted by atomic mass is 19.1. The Labute approximate surface area is 158 Å². The maximum atomic E-state index is 13.3. The van der Waals surface area contributed by atoms with Gasteiger partial charge in [0.1, 0.15) is 5.82 Å². The van der Waals surface area contributed by atoms with E-state index in [-0.39, 0.29) is 18.3 Å². The molecule has 1 aliphatic carbocycles. The standard InChI is InChI=1S/C22H24FNO3/c1-15-6-5-7-19(16(15)2)24-20(25)14-27-21(26)22(12-3-4-13-22)17-8-10-18(23)11-9-17/h5-11H,3-4,12-14H2,1-2H3,(H,24,25). The number of carbonyl (C=O) groups excluding carboxylic acids is 2. The number of hydrogen-bond acceptors (Lipinski definition) is 3. The van der Waals surface area contributed by atoms with Gasteiger partial charge in [0.25, 0.3) is 5.91 Å². The zero-order valence-corrected chi connectivity index (χ0v) is 15.7. The molecule has 142 valence electrons. The van der Waals surface area contributed by atoms with Gasteiger partial charge in [0.2, 0.25) is 0 Å². The Morgan fingerprint density at radius 3 is 2.41 bits per heavy atom. The number of esters is 1. The van der Waals surface area contributed by atoms with Crippen LogP contribution in [0, 0.1) is 19.7 Å². The molecule has 4 nitrogen and oxygen atoms in total. The second-order valence-corrected chi connectivity index (χ2v) is 7.17. The van der Waals surface area contributed by atoms with Crippen LogP contribution in [0.2, 0.25) is 0 Å². The van der Waals surface area contributed by atoms with Crippen molar-refractivity contribution in [2.24, 2.45) is 0 Å². The third-order valence-electron chi connectivity index (χ3n) is 5.46. The molecule has 0 heterocycles. The fourth-order valence-corrected chi connectivity index (χ4v) is 3.70. The van der Waals surface area contributed by atoms with Crippen molar-refractivity contribution in [2.75, 3.05) is 11.9 Å². The third kappa shape index (κ3) is 4.02. The summed E-state index contributed by atoms with van der Waals surface area (Å²) in [6.07, 6.45) is 3.11. The van der Waals surface area contributed by atoms with E-state index < -0.39 is 11.4 Å². The zero-order valence-electron chi connectivity index (χ0n) is 15.7. The van der Waals surface area contributed by atoms with Gasteiger partial charge in [-0.05, 0) is 61.6 Å². The smallest absolute Gasteiger partial charge is 0.317 e. The van der Waals surface area contributed by atoms with E-state index in [0.717, 1.165) is 29.5 Å². The highest BCUT2D eigenvalue weighted by Crippen LogP contribution is 2.42. The van der Waals surface area contributed by atoms with Gasteiger partial charge in [-0.15, -0.1) is 0 Å². The van der Waals surface area contributed by atoms with E-state index in [1.807, 2.05) is 32.0 Å². The Hall–Kier alpha value is -2.69. The van der Waals surface area contributed by atoms with Crippen LogP contribution < -0.4 is 5.32 Å². The summed E-state index contributed by atoms with van der Waals surface area (Å²) in [5.74, 6) is -1.12. The first kappa shape index (κ1) is 19.1. The molecule has 0 aliphatic heterocycles. The van der Waals surface area contributed by atoms with Crippen LogP contribution >= 0.6 is 0 Å². The number of anilines is 1. The molecular formula is C22H24FNO3. The largest absolute Gasteiger partial charge is 0.455 e. The average molecular weight is 369 g/mol. The van der Waals surface area contributed by atoms with Crippen LogP contribution in [0.4, 0.5) is 10.1 Å². The number of ether oxygens (including phenoxy) is 1. The molecule has 1 fully saturated rings. The van der Waals surface area contributed by atoms with Gasteiger partial charge in [0, 0.05) is 5.69 Å².